The molecule has 1 aromatic heterocycles. The molecule has 0 atom stereocenters. The second-order valence-electron chi connectivity index (χ2n) is 4.27. The number of hydrogen-bond acceptors (Lipinski definition) is 3. The van der Waals surface area contributed by atoms with Crippen LogP contribution in [0.4, 0.5) is 8.78 Å². The smallest absolute Gasteiger partial charge is 0.387 e. The van der Waals surface area contributed by atoms with Crippen LogP contribution in [0.1, 0.15) is 24.3 Å². The standard InChI is InChI=1S/C13H11F2NO2/c14-13(15)18-11-4-2-1-3-9(11)12-10(7-17-16-12)8-5-6-8/h1-4,7-8,13H,5-6H2. The zero-order valence-corrected chi connectivity index (χ0v) is 9.48. The molecule has 0 saturated heterocycles. The summed E-state index contributed by atoms with van der Waals surface area (Å²) >= 11 is 0. The van der Waals surface area contributed by atoms with Crippen molar-refractivity contribution in [2.24, 2.45) is 0 Å². The molecule has 18 heavy (non-hydrogen) atoms. The average molecular weight is 251 g/mol. The highest BCUT2D eigenvalue weighted by Crippen LogP contribution is 2.45. The van der Waals surface area contributed by atoms with E-state index in [4.69, 9.17) is 4.52 Å². The highest BCUT2D eigenvalue weighted by Gasteiger charge is 2.30. The summed E-state index contributed by atoms with van der Waals surface area (Å²) in [6.07, 6.45) is 3.77. The molecule has 0 radical (unpaired) electrons. The lowest BCUT2D eigenvalue weighted by Gasteiger charge is -2.09. The van der Waals surface area contributed by atoms with Crippen LogP contribution in [0.15, 0.2) is 35.1 Å². The summed E-state index contributed by atoms with van der Waals surface area (Å²) in [4.78, 5) is 0. The van der Waals surface area contributed by atoms with Crippen LogP contribution in [0.2, 0.25) is 0 Å². The Hall–Kier alpha value is -1.91. The van der Waals surface area contributed by atoms with Crippen LogP contribution in [0.3, 0.4) is 0 Å². The first-order valence-corrected chi connectivity index (χ1v) is 5.74. The van der Waals surface area contributed by atoms with E-state index in [0.29, 0.717) is 17.2 Å². The lowest BCUT2D eigenvalue weighted by Crippen LogP contribution is -2.03. The fraction of sp³-hybridized carbons (Fsp3) is 0.308. The number of benzene rings is 1. The van der Waals surface area contributed by atoms with Gasteiger partial charge in [0.2, 0.25) is 0 Å². The number of para-hydroxylation sites is 1. The van der Waals surface area contributed by atoms with Crippen molar-refractivity contribution in [3.8, 4) is 17.0 Å². The van der Waals surface area contributed by atoms with Gasteiger partial charge in [0.05, 0.1) is 0 Å². The molecule has 5 heteroatoms. The molecule has 1 fully saturated rings. The van der Waals surface area contributed by atoms with Crippen molar-refractivity contribution in [2.75, 3.05) is 0 Å². The minimum atomic E-state index is -2.84. The van der Waals surface area contributed by atoms with E-state index in [9.17, 15) is 8.78 Å². The van der Waals surface area contributed by atoms with E-state index in [-0.39, 0.29) is 5.75 Å². The van der Waals surface area contributed by atoms with Crippen molar-refractivity contribution < 1.29 is 18.0 Å². The average Bonchev–Trinajstić information content (AvgIpc) is 3.08. The Kier molecular flexibility index (Phi) is 2.74. The quantitative estimate of drug-likeness (QED) is 0.828. The molecular weight excluding hydrogens is 240 g/mol. The third-order valence-corrected chi connectivity index (χ3v) is 2.97. The van der Waals surface area contributed by atoms with Gasteiger partial charge in [-0.1, -0.05) is 17.3 Å². The van der Waals surface area contributed by atoms with E-state index in [1.165, 1.54) is 6.07 Å². The number of aromatic nitrogens is 1. The maximum absolute atomic E-state index is 12.3. The molecular formula is C13H11F2NO2. The first-order valence-electron chi connectivity index (χ1n) is 5.74. The Labute approximate surface area is 102 Å². The van der Waals surface area contributed by atoms with Crippen molar-refractivity contribution in [1.82, 2.24) is 5.16 Å². The molecule has 1 saturated carbocycles. The van der Waals surface area contributed by atoms with Gasteiger partial charge < -0.3 is 9.26 Å². The summed E-state index contributed by atoms with van der Waals surface area (Å²) in [6.45, 7) is -2.84. The van der Waals surface area contributed by atoms with E-state index < -0.39 is 6.61 Å². The van der Waals surface area contributed by atoms with Gasteiger partial charge in [0, 0.05) is 11.1 Å². The normalized spacial score (nSPS) is 15.1. The lowest BCUT2D eigenvalue weighted by molar-refractivity contribution is -0.0494. The largest absolute Gasteiger partial charge is 0.434 e. The molecule has 0 amide bonds. The van der Waals surface area contributed by atoms with E-state index in [2.05, 4.69) is 9.89 Å². The molecule has 0 unspecified atom stereocenters. The third-order valence-electron chi connectivity index (χ3n) is 2.97. The van der Waals surface area contributed by atoms with Crippen molar-refractivity contribution in [2.45, 2.75) is 25.4 Å². The molecule has 1 aromatic carbocycles. The van der Waals surface area contributed by atoms with Crippen LogP contribution >= 0.6 is 0 Å². The third kappa shape index (κ3) is 2.08. The van der Waals surface area contributed by atoms with Gasteiger partial charge in [0.25, 0.3) is 0 Å². The number of nitrogens with zero attached hydrogens (tertiary/aromatic N) is 1. The second-order valence-corrected chi connectivity index (χ2v) is 4.27. The Morgan fingerprint density at radius 1 is 1.28 bits per heavy atom. The molecule has 0 bridgehead atoms. The SMILES string of the molecule is FC(F)Oc1ccccc1-c1nocc1C1CC1. The predicted molar refractivity (Wildman–Crippen MR) is 60.5 cm³/mol. The summed E-state index contributed by atoms with van der Waals surface area (Å²) in [5.74, 6) is 0.564. The Bertz CT molecular complexity index is 549. The van der Waals surface area contributed by atoms with Crippen LogP contribution in [-0.4, -0.2) is 11.8 Å². The number of halogens is 2. The van der Waals surface area contributed by atoms with Gasteiger partial charge in [0.15, 0.2) is 0 Å². The van der Waals surface area contributed by atoms with Gasteiger partial charge in [-0.25, -0.2) is 0 Å². The summed E-state index contributed by atoms with van der Waals surface area (Å²) < 4.78 is 34.2. The van der Waals surface area contributed by atoms with Gasteiger partial charge >= 0.3 is 6.61 Å². The van der Waals surface area contributed by atoms with Crippen molar-refractivity contribution in [1.29, 1.82) is 0 Å². The Balaban J connectivity index is 2.02. The van der Waals surface area contributed by atoms with E-state index in [1.54, 1.807) is 24.5 Å². The first-order chi connectivity index (χ1) is 8.75. The van der Waals surface area contributed by atoms with Gasteiger partial charge in [-0.05, 0) is 30.9 Å². The van der Waals surface area contributed by atoms with Gasteiger partial charge in [-0.3, -0.25) is 0 Å². The summed E-state index contributed by atoms with van der Waals surface area (Å²) in [5, 5.41) is 3.92. The molecule has 2 aromatic rings. The maximum atomic E-state index is 12.3. The molecule has 0 spiro atoms. The molecule has 3 rings (SSSR count). The number of ether oxygens (including phenoxy) is 1. The highest BCUT2D eigenvalue weighted by molar-refractivity contribution is 5.70. The van der Waals surface area contributed by atoms with Crippen LogP contribution in [0.5, 0.6) is 5.75 Å². The molecule has 1 aliphatic rings. The van der Waals surface area contributed by atoms with Crippen molar-refractivity contribution >= 4 is 0 Å². The Morgan fingerprint density at radius 3 is 2.78 bits per heavy atom. The van der Waals surface area contributed by atoms with E-state index >= 15 is 0 Å². The predicted octanol–water partition coefficient (Wildman–Crippen LogP) is 3.82. The van der Waals surface area contributed by atoms with Crippen LogP contribution in [0.25, 0.3) is 11.3 Å². The summed E-state index contributed by atoms with van der Waals surface area (Å²) in [5.41, 5.74) is 2.13. The van der Waals surface area contributed by atoms with Crippen molar-refractivity contribution in [3.05, 3.63) is 36.1 Å². The molecule has 1 heterocycles. The zero-order valence-electron chi connectivity index (χ0n) is 9.48. The van der Waals surface area contributed by atoms with Crippen molar-refractivity contribution in [3.63, 3.8) is 0 Å². The minimum absolute atomic E-state index is 0.128. The Morgan fingerprint density at radius 2 is 2.06 bits per heavy atom. The fourth-order valence-electron chi connectivity index (χ4n) is 1.99. The number of hydrogen-bond donors (Lipinski definition) is 0. The summed E-state index contributed by atoms with van der Waals surface area (Å²) in [6, 6.07) is 6.63. The highest BCUT2D eigenvalue weighted by atomic mass is 19.3. The van der Waals surface area contributed by atoms with Crippen LogP contribution < -0.4 is 4.74 Å². The van der Waals surface area contributed by atoms with Crippen LogP contribution in [-0.2, 0) is 0 Å². The van der Waals surface area contributed by atoms with E-state index in [1.807, 2.05) is 0 Å². The topological polar surface area (TPSA) is 35.3 Å². The molecule has 3 nitrogen and oxygen atoms in total. The van der Waals surface area contributed by atoms with Gasteiger partial charge in [-0.2, -0.15) is 8.78 Å². The summed E-state index contributed by atoms with van der Waals surface area (Å²) in [7, 11) is 0. The zero-order chi connectivity index (χ0) is 12.5. The number of alkyl halides is 2. The van der Waals surface area contributed by atoms with Gasteiger partial charge in [-0.15, -0.1) is 0 Å². The lowest BCUT2D eigenvalue weighted by atomic mass is 10.0. The van der Waals surface area contributed by atoms with Crippen LogP contribution in [0, 0.1) is 0 Å². The molecule has 1 aliphatic carbocycles. The molecule has 0 aliphatic heterocycles. The first kappa shape index (κ1) is 11.2. The minimum Gasteiger partial charge on any atom is -0.434 e. The number of rotatable bonds is 4. The van der Waals surface area contributed by atoms with Gasteiger partial charge in [0.1, 0.15) is 17.7 Å². The maximum Gasteiger partial charge on any atom is 0.387 e. The monoisotopic (exact) mass is 251 g/mol. The fourth-order valence-corrected chi connectivity index (χ4v) is 1.99. The molecule has 94 valence electrons. The molecule has 0 N–H and O–H groups in total. The van der Waals surface area contributed by atoms with E-state index in [0.717, 1.165) is 18.4 Å². The second kappa shape index (κ2) is 4.40.